The maximum absolute atomic E-state index is 5.76. The number of benzene rings is 1. The highest BCUT2D eigenvalue weighted by Gasteiger charge is 2.07. The summed E-state index contributed by atoms with van der Waals surface area (Å²) in [7, 11) is 1.94. The number of hydrogen-bond acceptors (Lipinski definition) is 4. The molecule has 0 aliphatic rings. The van der Waals surface area contributed by atoms with Crippen molar-refractivity contribution in [3.05, 3.63) is 52.8 Å². The predicted octanol–water partition coefficient (Wildman–Crippen LogP) is 2.23. The van der Waals surface area contributed by atoms with Crippen molar-refractivity contribution in [2.45, 2.75) is 13.1 Å². The van der Waals surface area contributed by atoms with E-state index >= 15 is 0 Å². The van der Waals surface area contributed by atoms with Crippen molar-refractivity contribution in [1.29, 1.82) is 0 Å². The molecule has 4 nitrogen and oxygen atoms in total. The van der Waals surface area contributed by atoms with Crippen molar-refractivity contribution in [2.75, 3.05) is 11.9 Å². The quantitative estimate of drug-likeness (QED) is 0.918. The molecule has 18 heavy (non-hydrogen) atoms. The monoisotopic (exact) mass is 262 g/mol. The summed E-state index contributed by atoms with van der Waals surface area (Å²) in [4.78, 5) is 10.3. The Kier molecular flexibility index (Phi) is 4.12. The Bertz CT molecular complexity index is 513. The average molecular weight is 263 g/mol. The van der Waals surface area contributed by atoms with Crippen molar-refractivity contribution in [1.82, 2.24) is 9.97 Å². The summed E-state index contributed by atoms with van der Waals surface area (Å²) in [6.45, 7) is 1.25. The van der Waals surface area contributed by atoms with Crippen LogP contribution in [0.4, 0.5) is 5.95 Å². The molecule has 0 atom stereocenters. The van der Waals surface area contributed by atoms with E-state index in [0.717, 1.165) is 12.1 Å². The van der Waals surface area contributed by atoms with Crippen LogP contribution in [-0.2, 0) is 13.1 Å². The van der Waals surface area contributed by atoms with Gasteiger partial charge in [-0.05, 0) is 11.1 Å². The molecule has 0 aliphatic heterocycles. The molecule has 0 saturated carbocycles. The van der Waals surface area contributed by atoms with Crippen LogP contribution in [0.1, 0.15) is 11.1 Å². The highest BCUT2D eigenvalue weighted by molar-refractivity contribution is 6.30. The van der Waals surface area contributed by atoms with Crippen LogP contribution in [0.2, 0.25) is 5.02 Å². The number of halogens is 1. The smallest absolute Gasteiger partial charge is 0.225 e. The van der Waals surface area contributed by atoms with Gasteiger partial charge in [0.15, 0.2) is 0 Å². The van der Waals surface area contributed by atoms with E-state index in [4.69, 9.17) is 17.3 Å². The standard InChI is InChI=1S/C13H15ClN4/c1-18(13-16-7-12(14)8-17-13)9-11-5-3-2-4-10(11)6-15/h2-5,7-8H,6,9,15H2,1H3. The highest BCUT2D eigenvalue weighted by atomic mass is 35.5. The molecule has 0 saturated heterocycles. The van der Waals surface area contributed by atoms with E-state index in [9.17, 15) is 0 Å². The first-order valence-corrected chi connectivity index (χ1v) is 6.04. The molecule has 0 aliphatic carbocycles. The molecular formula is C13H15ClN4. The summed E-state index contributed by atoms with van der Waals surface area (Å²) in [5.74, 6) is 0.645. The minimum absolute atomic E-state index is 0.533. The molecule has 0 fully saturated rings. The third-order valence-corrected chi connectivity index (χ3v) is 2.89. The predicted molar refractivity (Wildman–Crippen MR) is 73.5 cm³/mol. The third kappa shape index (κ3) is 2.97. The van der Waals surface area contributed by atoms with Gasteiger partial charge in [0.05, 0.1) is 17.4 Å². The van der Waals surface area contributed by atoms with Crippen LogP contribution in [0.3, 0.4) is 0 Å². The highest BCUT2D eigenvalue weighted by Crippen LogP contribution is 2.14. The molecular weight excluding hydrogens is 248 g/mol. The fraction of sp³-hybridized carbons (Fsp3) is 0.231. The average Bonchev–Trinajstić information content (AvgIpc) is 2.40. The normalized spacial score (nSPS) is 10.4. The topological polar surface area (TPSA) is 55.0 Å². The van der Waals surface area contributed by atoms with Crippen LogP contribution >= 0.6 is 11.6 Å². The van der Waals surface area contributed by atoms with Gasteiger partial charge in [-0.2, -0.15) is 0 Å². The summed E-state index contributed by atoms with van der Waals surface area (Å²) < 4.78 is 0. The van der Waals surface area contributed by atoms with Gasteiger partial charge < -0.3 is 10.6 Å². The zero-order chi connectivity index (χ0) is 13.0. The van der Waals surface area contributed by atoms with Gasteiger partial charge in [-0.15, -0.1) is 0 Å². The maximum atomic E-state index is 5.76. The van der Waals surface area contributed by atoms with Gasteiger partial charge >= 0.3 is 0 Å². The Balaban J connectivity index is 2.15. The van der Waals surface area contributed by atoms with Gasteiger partial charge in [-0.3, -0.25) is 0 Å². The van der Waals surface area contributed by atoms with E-state index in [2.05, 4.69) is 16.0 Å². The fourth-order valence-corrected chi connectivity index (χ4v) is 1.84. The minimum atomic E-state index is 0.533. The first-order chi connectivity index (χ1) is 8.70. The molecule has 1 aromatic heterocycles. The zero-order valence-electron chi connectivity index (χ0n) is 10.2. The molecule has 0 radical (unpaired) electrons. The summed E-state index contributed by atoms with van der Waals surface area (Å²) in [5, 5.41) is 0.537. The molecule has 5 heteroatoms. The van der Waals surface area contributed by atoms with Crippen LogP contribution in [0.5, 0.6) is 0 Å². The Morgan fingerprint density at radius 2 is 1.78 bits per heavy atom. The lowest BCUT2D eigenvalue weighted by Crippen LogP contribution is -2.20. The van der Waals surface area contributed by atoms with Crippen molar-refractivity contribution in [3.63, 3.8) is 0 Å². The number of nitrogens with two attached hydrogens (primary N) is 1. The Hall–Kier alpha value is -1.65. The van der Waals surface area contributed by atoms with Gasteiger partial charge in [0.25, 0.3) is 0 Å². The molecule has 1 heterocycles. The second-order valence-electron chi connectivity index (χ2n) is 4.03. The van der Waals surface area contributed by atoms with Crippen LogP contribution in [0.15, 0.2) is 36.7 Å². The Labute approximate surface area is 111 Å². The zero-order valence-corrected chi connectivity index (χ0v) is 10.9. The number of aromatic nitrogens is 2. The van der Waals surface area contributed by atoms with Crippen molar-refractivity contribution in [3.8, 4) is 0 Å². The van der Waals surface area contributed by atoms with E-state index in [1.807, 2.05) is 30.1 Å². The molecule has 1 aromatic carbocycles. The maximum Gasteiger partial charge on any atom is 0.225 e. The summed E-state index contributed by atoms with van der Waals surface area (Å²) in [6, 6.07) is 8.09. The van der Waals surface area contributed by atoms with E-state index < -0.39 is 0 Å². The van der Waals surface area contributed by atoms with Gasteiger partial charge in [0.2, 0.25) is 5.95 Å². The molecule has 0 bridgehead atoms. The molecule has 2 rings (SSSR count). The van der Waals surface area contributed by atoms with Crippen molar-refractivity contribution < 1.29 is 0 Å². The summed E-state index contributed by atoms with van der Waals surface area (Å²) in [5.41, 5.74) is 8.04. The van der Waals surface area contributed by atoms with Crippen molar-refractivity contribution in [2.24, 2.45) is 5.73 Å². The number of anilines is 1. The van der Waals surface area contributed by atoms with Gasteiger partial charge in [0.1, 0.15) is 0 Å². The first-order valence-electron chi connectivity index (χ1n) is 5.66. The van der Waals surface area contributed by atoms with Gasteiger partial charge in [-0.25, -0.2) is 9.97 Å². The molecule has 0 spiro atoms. The lowest BCUT2D eigenvalue weighted by atomic mass is 10.1. The molecule has 2 aromatic rings. The van der Waals surface area contributed by atoms with Crippen LogP contribution in [0.25, 0.3) is 0 Å². The second kappa shape index (κ2) is 5.80. The first kappa shape index (κ1) is 12.8. The minimum Gasteiger partial charge on any atom is -0.340 e. The van der Waals surface area contributed by atoms with E-state index in [1.165, 1.54) is 5.56 Å². The molecule has 94 valence electrons. The largest absolute Gasteiger partial charge is 0.340 e. The van der Waals surface area contributed by atoms with E-state index in [-0.39, 0.29) is 0 Å². The lowest BCUT2D eigenvalue weighted by molar-refractivity contribution is 0.851. The number of nitrogens with zero attached hydrogens (tertiary/aromatic N) is 3. The van der Waals surface area contributed by atoms with Crippen LogP contribution in [-0.4, -0.2) is 17.0 Å². The SMILES string of the molecule is CN(Cc1ccccc1CN)c1ncc(Cl)cn1. The van der Waals surface area contributed by atoms with Crippen LogP contribution < -0.4 is 10.6 Å². The van der Waals surface area contributed by atoms with Gasteiger partial charge in [0, 0.05) is 20.1 Å². The Morgan fingerprint density at radius 3 is 2.39 bits per heavy atom. The molecule has 0 unspecified atom stereocenters. The third-order valence-electron chi connectivity index (χ3n) is 2.69. The second-order valence-corrected chi connectivity index (χ2v) is 4.47. The summed E-state index contributed by atoms with van der Waals surface area (Å²) >= 11 is 5.76. The number of rotatable bonds is 4. The van der Waals surface area contributed by atoms with E-state index in [0.29, 0.717) is 17.5 Å². The fourth-order valence-electron chi connectivity index (χ4n) is 1.74. The van der Waals surface area contributed by atoms with E-state index in [1.54, 1.807) is 12.4 Å². The Morgan fingerprint density at radius 1 is 1.17 bits per heavy atom. The van der Waals surface area contributed by atoms with Crippen LogP contribution in [0, 0.1) is 0 Å². The molecule has 0 amide bonds. The molecule has 2 N–H and O–H groups in total. The van der Waals surface area contributed by atoms with Gasteiger partial charge in [-0.1, -0.05) is 35.9 Å². The lowest BCUT2D eigenvalue weighted by Gasteiger charge is -2.18. The van der Waals surface area contributed by atoms with Crippen molar-refractivity contribution >= 4 is 17.5 Å². The number of hydrogen-bond donors (Lipinski definition) is 1. The summed E-state index contributed by atoms with van der Waals surface area (Å²) in [6.07, 6.45) is 3.18.